The van der Waals surface area contributed by atoms with Crippen molar-refractivity contribution in [3.8, 4) is 0 Å². The maximum absolute atomic E-state index is 12.1. The predicted molar refractivity (Wildman–Crippen MR) is 66.4 cm³/mol. The van der Waals surface area contributed by atoms with Crippen LogP contribution in [0.4, 0.5) is 9.59 Å². The normalized spacial score (nSPS) is 27.2. The Morgan fingerprint density at radius 1 is 1.37 bits per heavy atom. The lowest BCUT2D eigenvalue weighted by Crippen LogP contribution is -2.51. The highest BCUT2D eigenvalue weighted by atomic mass is 16.6. The third-order valence-electron chi connectivity index (χ3n) is 3.12. The Balaban J connectivity index is 2.07. The van der Waals surface area contributed by atoms with Crippen molar-refractivity contribution in [2.75, 3.05) is 6.54 Å². The highest BCUT2D eigenvalue weighted by Gasteiger charge is 2.44. The predicted octanol–water partition coefficient (Wildman–Crippen LogP) is 0.594. The zero-order chi connectivity index (χ0) is 14.2. The molecule has 0 aromatic carbocycles. The second kappa shape index (κ2) is 4.71. The molecule has 2 saturated heterocycles. The van der Waals surface area contributed by atoms with E-state index in [2.05, 4.69) is 10.6 Å². The fraction of sp³-hybridized carbons (Fsp3) is 0.750. The summed E-state index contributed by atoms with van der Waals surface area (Å²) < 4.78 is 5.32. The molecule has 2 aliphatic rings. The van der Waals surface area contributed by atoms with Gasteiger partial charge in [0.05, 0.1) is 6.04 Å². The average Bonchev–Trinajstić information content (AvgIpc) is 2.81. The van der Waals surface area contributed by atoms with Crippen molar-refractivity contribution in [3.63, 3.8) is 0 Å². The molecule has 7 nitrogen and oxygen atoms in total. The Morgan fingerprint density at radius 2 is 2.05 bits per heavy atom. The Labute approximate surface area is 111 Å². The van der Waals surface area contributed by atoms with Crippen molar-refractivity contribution in [1.29, 1.82) is 0 Å². The molecule has 0 bridgehead atoms. The summed E-state index contributed by atoms with van der Waals surface area (Å²) in [5, 5.41) is 4.73. The number of nitrogens with zero attached hydrogens (tertiary/aromatic N) is 1. The van der Waals surface area contributed by atoms with Crippen molar-refractivity contribution in [2.24, 2.45) is 0 Å². The van der Waals surface area contributed by atoms with Gasteiger partial charge in [-0.2, -0.15) is 0 Å². The maximum atomic E-state index is 12.1. The number of hydrogen-bond donors (Lipinski definition) is 2. The minimum absolute atomic E-state index is 0.332. The number of amides is 4. The molecule has 0 unspecified atom stereocenters. The quantitative estimate of drug-likeness (QED) is 0.682. The van der Waals surface area contributed by atoms with Crippen LogP contribution in [0.25, 0.3) is 0 Å². The van der Waals surface area contributed by atoms with Crippen molar-refractivity contribution in [1.82, 2.24) is 15.5 Å². The number of hydrogen-bond acceptors (Lipinski definition) is 4. The van der Waals surface area contributed by atoms with E-state index in [1.165, 1.54) is 4.90 Å². The van der Waals surface area contributed by atoms with E-state index in [0.717, 1.165) is 6.42 Å². The fourth-order valence-electron chi connectivity index (χ4n) is 2.39. The lowest BCUT2D eigenvalue weighted by molar-refractivity contribution is -0.121. The van der Waals surface area contributed by atoms with Crippen LogP contribution in [0.3, 0.4) is 0 Å². The van der Waals surface area contributed by atoms with Gasteiger partial charge in [0.2, 0.25) is 0 Å². The molecule has 0 spiro atoms. The zero-order valence-corrected chi connectivity index (χ0v) is 11.4. The van der Waals surface area contributed by atoms with Gasteiger partial charge in [0.15, 0.2) is 0 Å². The van der Waals surface area contributed by atoms with Crippen LogP contribution in [0.2, 0.25) is 0 Å². The van der Waals surface area contributed by atoms with E-state index in [1.807, 2.05) is 0 Å². The number of ether oxygens (including phenoxy) is 1. The summed E-state index contributed by atoms with van der Waals surface area (Å²) in [5.74, 6) is -0.384. The molecule has 0 radical (unpaired) electrons. The standard InChI is InChI=1S/C12H19N3O4/c1-12(2,3)19-11(18)15-6-4-5-7(15)8-9(16)14-10(17)13-8/h7-8H,4-6H2,1-3H3,(H2,13,14,16,17)/t7-,8+/m1/s1. The summed E-state index contributed by atoms with van der Waals surface area (Å²) in [6.07, 6.45) is 1.03. The smallest absolute Gasteiger partial charge is 0.410 e. The van der Waals surface area contributed by atoms with Crippen LogP contribution < -0.4 is 10.6 Å². The van der Waals surface area contributed by atoms with Gasteiger partial charge in [-0.25, -0.2) is 9.59 Å². The van der Waals surface area contributed by atoms with Crippen LogP contribution in [-0.4, -0.2) is 47.2 Å². The molecule has 0 saturated carbocycles. The summed E-state index contributed by atoms with van der Waals surface area (Å²) in [4.78, 5) is 36.4. The van der Waals surface area contributed by atoms with Gasteiger partial charge in [0.25, 0.3) is 5.91 Å². The van der Waals surface area contributed by atoms with E-state index < -0.39 is 23.8 Å². The Kier molecular flexibility index (Phi) is 3.38. The van der Waals surface area contributed by atoms with Gasteiger partial charge >= 0.3 is 12.1 Å². The number of nitrogens with one attached hydrogen (secondary N) is 2. The van der Waals surface area contributed by atoms with Gasteiger partial charge < -0.3 is 15.0 Å². The summed E-state index contributed by atoms with van der Waals surface area (Å²) in [6, 6.07) is -1.52. The van der Waals surface area contributed by atoms with Crippen LogP contribution in [0.5, 0.6) is 0 Å². The molecule has 2 rings (SSSR count). The molecule has 4 amide bonds. The highest BCUT2D eigenvalue weighted by molar-refractivity contribution is 6.04. The lowest BCUT2D eigenvalue weighted by Gasteiger charge is -2.30. The van der Waals surface area contributed by atoms with Crippen molar-refractivity contribution in [2.45, 2.75) is 51.3 Å². The third kappa shape index (κ3) is 2.97. The summed E-state index contributed by atoms with van der Waals surface area (Å²) in [6.45, 7) is 5.92. The first-order valence-electron chi connectivity index (χ1n) is 6.39. The van der Waals surface area contributed by atoms with E-state index in [9.17, 15) is 14.4 Å². The van der Waals surface area contributed by atoms with E-state index in [1.54, 1.807) is 20.8 Å². The first kappa shape index (κ1) is 13.6. The topological polar surface area (TPSA) is 87.7 Å². The SMILES string of the molecule is CC(C)(C)OC(=O)N1CCC[C@@H]1[C@@H]1NC(=O)NC1=O. The third-order valence-corrected chi connectivity index (χ3v) is 3.12. The minimum Gasteiger partial charge on any atom is -0.444 e. The average molecular weight is 269 g/mol. The molecule has 0 aromatic rings. The molecular formula is C12H19N3O4. The highest BCUT2D eigenvalue weighted by Crippen LogP contribution is 2.24. The minimum atomic E-state index is -0.678. The van der Waals surface area contributed by atoms with Gasteiger partial charge in [-0.05, 0) is 33.6 Å². The largest absolute Gasteiger partial charge is 0.444 e. The number of urea groups is 1. The van der Waals surface area contributed by atoms with E-state index in [0.29, 0.717) is 13.0 Å². The molecular weight excluding hydrogens is 250 g/mol. The van der Waals surface area contributed by atoms with Gasteiger partial charge in [0.1, 0.15) is 11.6 Å². The molecule has 2 heterocycles. The Morgan fingerprint density at radius 3 is 2.58 bits per heavy atom. The van der Waals surface area contributed by atoms with Gasteiger partial charge in [-0.1, -0.05) is 0 Å². The number of imide groups is 1. The molecule has 2 fully saturated rings. The van der Waals surface area contributed by atoms with Crippen LogP contribution in [0.15, 0.2) is 0 Å². The molecule has 0 aromatic heterocycles. The van der Waals surface area contributed by atoms with E-state index >= 15 is 0 Å². The van der Waals surface area contributed by atoms with Crippen LogP contribution in [0.1, 0.15) is 33.6 Å². The monoisotopic (exact) mass is 269 g/mol. The Bertz CT molecular complexity index is 416. The number of carbonyl (C=O) groups excluding carboxylic acids is 3. The molecule has 2 atom stereocenters. The van der Waals surface area contributed by atoms with Crippen LogP contribution in [-0.2, 0) is 9.53 Å². The molecule has 106 valence electrons. The summed E-state index contributed by atoms with van der Waals surface area (Å²) in [7, 11) is 0. The molecule has 2 aliphatic heterocycles. The number of rotatable bonds is 1. The van der Waals surface area contributed by atoms with E-state index in [4.69, 9.17) is 4.74 Å². The van der Waals surface area contributed by atoms with Crippen LogP contribution >= 0.6 is 0 Å². The molecule has 0 aliphatic carbocycles. The van der Waals surface area contributed by atoms with Gasteiger partial charge in [-0.15, -0.1) is 0 Å². The number of likely N-dealkylation sites (tertiary alicyclic amines) is 1. The van der Waals surface area contributed by atoms with Gasteiger partial charge in [-0.3, -0.25) is 10.1 Å². The summed E-state index contributed by atoms with van der Waals surface area (Å²) >= 11 is 0. The molecule has 19 heavy (non-hydrogen) atoms. The zero-order valence-electron chi connectivity index (χ0n) is 11.4. The molecule has 2 N–H and O–H groups in total. The van der Waals surface area contributed by atoms with Crippen molar-refractivity contribution < 1.29 is 19.1 Å². The first-order valence-corrected chi connectivity index (χ1v) is 6.39. The van der Waals surface area contributed by atoms with Gasteiger partial charge in [0, 0.05) is 6.54 Å². The fourth-order valence-corrected chi connectivity index (χ4v) is 2.39. The lowest BCUT2D eigenvalue weighted by atomic mass is 10.1. The maximum Gasteiger partial charge on any atom is 0.410 e. The first-order chi connectivity index (χ1) is 8.78. The second-order valence-electron chi connectivity index (χ2n) is 5.82. The Hall–Kier alpha value is -1.79. The van der Waals surface area contributed by atoms with E-state index in [-0.39, 0.29) is 11.9 Å². The van der Waals surface area contributed by atoms with Crippen molar-refractivity contribution in [3.05, 3.63) is 0 Å². The summed E-state index contributed by atoms with van der Waals surface area (Å²) in [5.41, 5.74) is -0.578. The molecule has 7 heteroatoms. The number of carbonyl (C=O) groups is 3. The second-order valence-corrected chi connectivity index (χ2v) is 5.82. The van der Waals surface area contributed by atoms with Crippen LogP contribution in [0, 0.1) is 0 Å². The van der Waals surface area contributed by atoms with Crippen molar-refractivity contribution >= 4 is 18.0 Å².